The van der Waals surface area contributed by atoms with Gasteiger partial charge in [0.2, 0.25) is 0 Å². The van der Waals surface area contributed by atoms with E-state index in [-0.39, 0.29) is 5.91 Å². The molecule has 0 spiro atoms. The van der Waals surface area contributed by atoms with Crippen LogP contribution in [0.25, 0.3) is 0 Å². The normalized spacial score (nSPS) is 10.5. The third kappa shape index (κ3) is 4.52. The van der Waals surface area contributed by atoms with Crippen LogP contribution in [0, 0.1) is 0 Å². The standard InChI is InChI=1S/C19H20N4O/c24-19(21-11-4-9-18-8-1-2-10-20-18)17-7-3-6-16(14-17)15-23-13-5-12-22-23/h1-3,5-8,10,12-14H,4,9,11,15H2,(H,21,24). The largest absolute Gasteiger partial charge is 0.352 e. The number of aromatic nitrogens is 3. The maximum atomic E-state index is 12.3. The van der Waals surface area contributed by atoms with Gasteiger partial charge in [0.25, 0.3) is 5.91 Å². The van der Waals surface area contributed by atoms with Crippen LogP contribution < -0.4 is 5.32 Å². The Labute approximate surface area is 141 Å². The lowest BCUT2D eigenvalue weighted by molar-refractivity contribution is 0.0953. The van der Waals surface area contributed by atoms with Gasteiger partial charge < -0.3 is 5.32 Å². The highest BCUT2D eigenvalue weighted by Crippen LogP contribution is 2.07. The van der Waals surface area contributed by atoms with E-state index in [1.807, 2.05) is 59.4 Å². The van der Waals surface area contributed by atoms with Gasteiger partial charge >= 0.3 is 0 Å². The molecule has 0 aliphatic rings. The zero-order chi connectivity index (χ0) is 16.6. The van der Waals surface area contributed by atoms with E-state index < -0.39 is 0 Å². The molecule has 0 aliphatic carbocycles. The Kier molecular flexibility index (Phi) is 5.35. The van der Waals surface area contributed by atoms with Crippen molar-refractivity contribution in [2.45, 2.75) is 19.4 Å². The average Bonchev–Trinajstić information content (AvgIpc) is 3.13. The van der Waals surface area contributed by atoms with Gasteiger partial charge in [-0.15, -0.1) is 0 Å². The third-order valence-corrected chi connectivity index (χ3v) is 3.71. The molecule has 5 nitrogen and oxygen atoms in total. The van der Waals surface area contributed by atoms with Crippen molar-refractivity contribution in [3.63, 3.8) is 0 Å². The summed E-state index contributed by atoms with van der Waals surface area (Å²) in [5, 5.41) is 7.15. The van der Waals surface area contributed by atoms with E-state index in [4.69, 9.17) is 0 Å². The van der Waals surface area contributed by atoms with Gasteiger partial charge in [0.15, 0.2) is 0 Å². The molecule has 122 valence electrons. The summed E-state index contributed by atoms with van der Waals surface area (Å²) in [7, 11) is 0. The van der Waals surface area contributed by atoms with Gasteiger partial charge in [-0.05, 0) is 48.7 Å². The van der Waals surface area contributed by atoms with Gasteiger partial charge in [0.05, 0.1) is 6.54 Å². The summed E-state index contributed by atoms with van der Waals surface area (Å²) in [5.41, 5.74) is 2.78. The Hall–Kier alpha value is -2.95. The van der Waals surface area contributed by atoms with Gasteiger partial charge in [-0.25, -0.2) is 0 Å². The van der Waals surface area contributed by atoms with Gasteiger partial charge in [-0.1, -0.05) is 18.2 Å². The number of nitrogens with zero attached hydrogens (tertiary/aromatic N) is 3. The summed E-state index contributed by atoms with van der Waals surface area (Å²) in [4.78, 5) is 16.5. The number of amides is 1. The maximum absolute atomic E-state index is 12.3. The van der Waals surface area contributed by atoms with Gasteiger partial charge in [-0.2, -0.15) is 5.10 Å². The molecule has 0 saturated heterocycles. The number of nitrogens with one attached hydrogen (secondary N) is 1. The molecular weight excluding hydrogens is 300 g/mol. The lowest BCUT2D eigenvalue weighted by Gasteiger charge is -2.07. The summed E-state index contributed by atoms with van der Waals surface area (Å²) >= 11 is 0. The number of hydrogen-bond donors (Lipinski definition) is 1. The van der Waals surface area contributed by atoms with Crippen molar-refractivity contribution in [3.8, 4) is 0 Å². The molecule has 0 saturated carbocycles. The molecule has 2 aromatic heterocycles. The first-order valence-corrected chi connectivity index (χ1v) is 8.06. The fraction of sp³-hybridized carbons (Fsp3) is 0.211. The maximum Gasteiger partial charge on any atom is 0.251 e. The SMILES string of the molecule is O=C(NCCCc1ccccn1)c1cccc(Cn2cccn2)c1. The summed E-state index contributed by atoms with van der Waals surface area (Å²) in [6.45, 7) is 1.30. The smallest absolute Gasteiger partial charge is 0.251 e. The molecule has 1 amide bonds. The molecule has 0 fully saturated rings. The van der Waals surface area contributed by atoms with Crippen LogP contribution >= 0.6 is 0 Å². The number of hydrogen-bond acceptors (Lipinski definition) is 3. The van der Waals surface area contributed by atoms with Gasteiger partial charge in [0.1, 0.15) is 0 Å². The van der Waals surface area contributed by atoms with E-state index in [1.54, 1.807) is 12.4 Å². The van der Waals surface area contributed by atoms with Crippen molar-refractivity contribution in [3.05, 3.63) is 83.9 Å². The lowest BCUT2D eigenvalue weighted by Crippen LogP contribution is -2.25. The first-order chi connectivity index (χ1) is 11.8. The van der Waals surface area contributed by atoms with Crippen LogP contribution in [0.3, 0.4) is 0 Å². The minimum atomic E-state index is -0.0432. The molecule has 3 rings (SSSR count). The number of pyridine rings is 1. The molecule has 5 heteroatoms. The predicted molar refractivity (Wildman–Crippen MR) is 92.7 cm³/mol. The predicted octanol–water partition coefficient (Wildman–Crippen LogP) is 2.69. The van der Waals surface area contributed by atoms with Crippen molar-refractivity contribution in [2.24, 2.45) is 0 Å². The van der Waals surface area contributed by atoms with Crippen molar-refractivity contribution >= 4 is 5.91 Å². The highest BCUT2D eigenvalue weighted by atomic mass is 16.1. The molecule has 24 heavy (non-hydrogen) atoms. The highest BCUT2D eigenvalue weighted by molar-refractivity contribution is 5.94. The molecule has 1 N–H and O–H groups in total. The molecule has 2 heterocycles. The van der Waals surface area contributed by atoms with Crippen LogP contribution in [0.1, 0.15) is 28.0 Å². The second-order valence-electron chi connectivity index (χ2n) is 5.58. The Bertz CT molecular complexity index is 769. The minimum Gasteiger partial charge on any atom is -0.352 e. The first-order valence-electron chi connectivity index (χ1n) is 8.06. The summed E-state index contributed by atoms with van der Waals surface area (Å²) < 4.78 is 1.84. The van der Waals surface area contributed by atoms with Crippen LogP contribution in [-0.4, -0.2) is 27.2 Å². The molecule has 1 aromatic carbocycles. The first kappa shape index (κ1) is 15.9. The topological polar surface area (TPSA) is 59.8 Å². The fourth-order valence-corrected chi connectivity index (χ4v) is 2.51. The van der Waals surface area contributed by atoms with E-state index in [1.165, 1.54) is 0 Å². The Morgan fingerprint density at radius 1 is 1.08 bits per heavy atom. The second kappa shape index (κ2) is 8.06. The lowest BCUT2D eigenvalue weighted by atomic mass is 10.1. The van der Waals surface area contributed by atoms with Gasteiger partial charge in [0, 0.05) is 36.4 Å². The molecule has 0 unspecified atom stereocenters. The summed E-state index contributed by atoms with van der Waals surface area (Å²) in [6.07, 6.45) is 7.18. The Morgan fingerprint density at radius 3 is 2.83 bits per heavy atom. The van der Waals surface area contributed by atoms with E-state index in [9.17, 15) is 4.79 Å². The summed E-state index contributed by atoms with van der Waals surface area (Å²) in [6, 6.07) is 15.4. The molecule has 0 radical (unpaired) electrons. The van der Waals surface area contributed by atoms with Crippen molar-refractivity contribution < 1.29 is 4.79 Å². The molecule has 0 bridgehead atoms. The Morgan fingerprint density at radius 2 is 2.04 bits per heavy atom. The van der Waals surface area contributed by atoms with E-state index >= 15 is 0 Å². The zero-order valence-corrected chi connectivity index (χ0v) is 13.4. The van der Waals surface area contributed by atoms with Crippen molar-refractivity contribution in [1.82, 2.24) is 20.1 Å². The fourth-order valence-electron chi connectivity index (χ4n) is 2.51. The third-order valence-electron chi connectivity index (χ3n) is 3.71. The number of carbonyl (C=O) groups excluding carboxylic acids is 1. The van der Waals surface area contributed by atoms with Crippen LogP contribution in [0.5, 0.6) is 0 Å². The van der Waals surface area contributed by atoms with E-state index in [0.29, 0.717) is 18.7 Å². The average molecular weight is 320 g/mol. The number of carbonyl (C=O) groups is 1. The second-order valence-corrected chi connectivity index (χ2v) is 5.58. The van der Waals surface area contributed by atoms with Crippen molar-refractivity contribution in [2.75, 3.05) is 6.54 Å². The monoisotopic (exact) mass is 320 g/mol. The van der Waals surface area contributed by atoms with E-state index in [2.05, 4.69) is 15.4 Å². The molecule has 0 aliphatic heterocycles. The quantitative estimate of drug-likeness (QED) is 0.681. The van der Waals surface area contributed by atoms with Crippen molar-refractivity contribution in [1.29, 1.82) is 0 Å². The number of aryl methyl sites for hydroxylation is 1. The van der Waals surface area contributed by atoms with E-state index in [0.717, 1.165) is 24.1 Å². The number of benzene rings is 1. The molecule has 3 aromatic rings. The minimum absolute atomic E-state index is 0.0432. The highest BCUT2D eigenvalue weighted by Gasteiger charge is 2.06. The van der Waals surface area contributed by atoms with Crippen LogP contribution in [-0.2, 0) is 13.0 Å². The van der Waals surface area contributed by atoms with Crippen LogP contribution in [0.2, 0.25) is 0 Å². The molecule has 0 atom stereocenters. The van der Waals surface area contributed by atoms with Crippen LogP contribution in [0.4, 0.5) is 0 Å². The molecular formula is C19H20N4O. The summed E-state index contributed by atoms with van der Waals surface area (Å²) in [5.74, 6) is -0.0432. The zero-order valence-electron chi connectivity index (χ0n) is 13.4. The van der Waals surface area contributed by atoms with Crippen LogP contribution in [0.15, 0.2) is 67.1 Å². The van der Waals surface area contributed by atoms with Gasteiger partial charge in [-0.3, -0.25) is 14.5 Å². The number of rotatable bonds is 7. The Balaban J connectivity index is 1.49.